The number of benzene rings is 2. The molecule has 1 aliphatic carbocycles. The van der Waals surface area contributed by atoms with Crippen LogP contribution in [0.15, 0.2) is 42.5 Å². The third-order valence-corrected chi connectivity index (χ3v) is 7.92. The maximum absolute atomic E-state index is 14.0. The van der Waals surface area contributed by atoms with Crippen molar-refractivity contribution in [2.24, 2.45) is 11.3 Å². The first-order valence-electron chi connectivity index (χ1n) is 12.9. The minimum atomic E-state index is -0.929. The molecule has 1 aromatic heterocycles. The molecule has 0 aliphatic heterocycles. The van der Waals surface area contributed by atoms with Gasteiger partial charge in [-0.2, -0.15) is 0 Å². The predicted octanol–water partition coefficient (Wildman–Crippen LogP) is 5.43. The van der Waals surface area contributed by atoms with Gasteiger partial charge in [0.2, 0.25) is 0 Å². The lowest BCUT2D eigenvalue weighted by atomic mass is 9.56. The Morgan fingerprint density at radius 3 is 2.75 bits per heavy atom. The molecule has 36 heavy (non-hydrogen) atoms. The summed E-state index contributed by atoms with van der Waals surface area (Å²) >= 11 is 0. The Morgan fingerprint density at radius 2 is 2.06 bits per heavy atom. The van der Waals surface area contributed by atoms with Gasteiger partial charge in [0.15, 0.2) is 6.10 Å². The van der Waals surface area contributed by atoms with Gasteiger partial charge in [-0.05, 0) is 93.0 Å². The number of halogens is 1. The first-order chi connectivity index (χ1) is 17.2. The van der Waals surface area contributed by atoms with Gasteiger partial charge < -0.3 is 19.7 Å². The molecule has 0 saturated heterocycles. The lowest BCUT2D eigenvalue weighted by molar-refractivity contribution is -0.162. The lowest BCUT2D eigenvalue weighted by Crippen LogP contribution is -2.51. The molecule has 7 heteroatoms. The summed E-state index contributed by atoms with van der Waals surface area (Å²) in [6.45, 7) is 5.89. The van der Waals surface area contributed by atoms with E-state index in [1.165, 1.54) is 13.2 Å². The van der Waals surface area contributed by atoms with Gasteiger partial charge in [-0.1, -0.05) is 32.0 Å². The summed E-state index contributed by atoms with van der Waals surface area (Å²) in [5, 5.41) is 10.2. The van der Waals surface area contributed by atoms with Crippen LogP contribution in [0, 0.1) is 17.2 Å². The minimum absolute atomic E-state index is 0.0353. The fourth-order valence-corrected chi connectivity index (χ4v) is 6.39. The van der Waals surface area contributed by atoms with Crippen LogP contribution < -0.4 is 0 Å². The molecule has 0 fully saturated rings. The second kappa shape index (κ2) is 11.1. The zero-order valence-corrected chi connectivity index (χ0v) is 21.8. The van der Waals surface area contributed by atoms with Crippen LogP contribution in [0.5, 0.6) is 0 Å². The number of aromatic amines is 1. The first kappa shape index (κ1) is 26.3. The summed E-state index contributed by atoms with van der Waals surface area (Å²) < 4.78 is 19.7. The fraction of sp³-hybridized carbons (Fsp3) is 0.517. The highest BCUT2D eigenvalue weighted by Gasteiger charge is 2.52. The third-order valence-electron chi connectivity index (χ3n) is 7.92. The molecule has 6 nitrogen and oxygen atoms in total. The number of aryl methyl sites for hydroxylation is 2. The number of hydrogen-bond acceptors (Lipinski definition) is 4. The van der Waals surface area contributed by atoms with Crippen LogP contribution in [0.3, 0.4) is 0 Å². The van der Waals surface area contributed by atoms with Gasteiger partial charge in [-0.15, -0.1) is 0 Å². The number of nitrogens with one attached hydrogen (secondary N) is 1. The summed E-state index contributed by atoms with van der Waals surface area (Å²) in [7, 11) is 3.58. The maximum Gasteiger partial charge on any atom is 0.333 e. The van der Waals surface area contributed by atoms with E-state index in [2.05, 4.69) is 35.8 Å². The number of carboxylic acid groups (broad SMARTS) is 1. The van der Waals surface area contributed by atoms with Crippen LogP contribution in [-0.4, -0.2) is 59.3 Å². The van der Waals surface area contributed by atoms with E-state index in [0.29, 0.717) is 19.3 Å². The molecular formula is C29H38FN3O3. The zero-order valence-electron chi connectivity index (χ0n) is 21.8. The third kappa shape index (κ3) is 5.32. The van der Waals surface area contributed by atoms with E-state index in [4.69, 9.17) is 4.74 Å². The number of carboxylic acids is 1. The molecule has 0 bridgehead atoms. The average molecular weight is 496 g/mol. The number of aliphatic carboxylic acids is 1. The molecule has 0 spiro atoms. The van der Waals surface area contributed by atoms with Gasteiger partial charge >= 0.3 is 5.97 Å². The topological polar surface area (TPSA) is 78.5 Å². The van der Waals surface area contributed by atoms with Crippen molar-refractivity contribution in [2.45, 2.75) is 58.0 Å². The van der Waals surface area contributed by atoms with Gasteiger partial charge in [-0.3, -0.25) is 0 Å². The Labute approximate surface area is 212 Å². The van der Waals surface area contributed by atoms with Crippen molar-refractivity contribution in [3.05, 3.63) is 65.2 Å². The van der Waals surface area contributed by atoms with Crippen molar-refractivity contribution in [3.63, 3.8) is 0 Å². The Hall–Kier alpha value is -2.77. The predicted molar refractivity (Wildman–Crippen MR) is 140 cm³/mol. The van der Waals surface area contributed by atoms with Gasteiger partial charge in [-0.25, -0.2) is 14.2 Å². The van der Waals surface area contributed by atoms with Gasteiger partial charge in [0.25, 0.3) is 0 Å². The van der Waals surface area contributed by atoms with Gasteiger partial charge in [0.1, 0.15) is 11.6 Å². The maximum atomic E-state index is 14.0. The SMILES string of the molecule is COC(C(=O)O)[C@]1(CCN(C)CCCc2nc3ccccc3[nH]2)CCc2cc(F)ccc2[C@@H]1C(C)C. The standard InChI is InChI=1S/C29H38FN3O3/c1-19(2)26-22-12-11-21(30)18-20(22)13-14-29(26,27(36-4)28(34)35)15-17-33(3)16-7-10-25-31-23-8-5-6-9-24(23)32-25/h5-6,8-9,11-12,18-19,26-27H,7,10,13-17H2,1-4H3,(H,31,32)(H,34,35)/t26-,27?,29-/m0/s1. The fourth-order valence-electron chi connectivity index (χ4n) is 6.39. The monoisotopic (exact) mass is 495 g/mol. The number of fused-ring (bicyclic) bond motifs is 2. The average Bonchev–Trinajstić information content (AvgIpc) is 3.25. The highest BCUT2D eigenvalue weighted by molar-refractivity contribution is 5.75. The molecule has 2 N–H and O–H groups in total. The van der Waals surface area contributed by atoms with E-state index in [1.54, 1.807) is 6.07 Å². The zero-order chi connectivity index (χ0) is 25.9. The number of para-hydroxylation sites is 2. The largest absolute Gasteiger partial charge is 0.479 e. The molecule has 1 heterocycles. The molecule has 0 saturated carbocycles. The number of imidazole rings is 1. The first-order valence-corrected chi connectivity index (χ1v) is 12.9. The molecule has 1 aliphatic rings. The molecule has 1 unspecified atom stereocenters. The van der Waals surface area contributed by atoms with Crippen LogP contribution >= 0.6 is 0 Å². The van der Waals surface area contributed by atoms with Crippen molar-refractivity contribution in [2.75, 3.05) is 27.2 Å². The molecule has 194 valence electrons. The van der Waals surface area contributed by atoms with Gasteiger partial charge in [0, 0.05) is 18.9 Å². The normalized spacial score (nSPS) is 20.7. The van der Waals surface area contributed by atoms with E-state index in [1.807, 2.05) is 30.3 Å². The number of rotatable bonds is 11. The Balaban J connectivity index is 1.49. The molecule has 2 aromatic carbocycles. The number of aromatic nitrogens is 2. The summed E-state index contributed by atoms with van der Waals surface area (Å²) in [5.41, 5.74) is 3.52. The number of carbonyl (C=O) groups is 1. The number of H-pyrrole nitrogens is 1. The second-order valence-corrected chi connectivity index (χ2v) is 10.6. The Kier molecular flexibility index (Phi) is 8.10. The van der Waals surface area contributed by atoms with Crippen molar-refractivity contribution in [3.8, 4) is 0 Å². The Morgan fingerprint density at radius 1 is 1.28 bits per heavy atom. The van der Waals surface area contributed by atoms with Crippen LogP contribution in [-0.2, 0) is 22.4 Å². The molecule has 3 aromatic rings. The number of hydrogen-bond donors (Lipinski definition) is 2. The minimum Gasteiger partial charge on any atom is -0.479 e. The van der Waals surface area contributed by atoms with Crippen LogP contribution in [0.25, 0.3) is 11.0 Å². The molecule has 3 atom stereocenters. The summed E-state index contributed by atoms with van der Waals surface area (Å²) in [6.07, 6.45) is 2.88. The van der Waals surface area contributed by atoms with E-state index in [9.17, 15) is 14.3 Å². The number of ether oxygens (including phenoxy) is 1. The van der Waals surface area contributed by atoms with Gasteiger partial charge in [0.05, 0.1) is 11.0 Å². The number of methoxy groups -OCH3 is 1. The highest BCUT2D eigenvalue weighted by atomic mass is 19.1. The smallest absolute Gasteiger partial charge is 0.333 e. The van der Waals surface area contributed by atoms with E-state index in [0.717, 1.165) is 53.9 Å². The van der Waals surface area contributed by atoms with Crippen LogP contribution in [0.4, 0.5) is 4.39 Å². The highest BCUT2D eigenvalue weighted by Crippen LogP contribution is 2.54. The lowest BCUT2D eigenvalue weighted by Gasteiger charge is -2.50. The van der Waals surface area contributed by atoms with Crippen LogP contribution in [0.2, 0.25) is 0 Å². The summed E-state index contributed by atoms with van der Waals surface area (Å²) in [5.74, 6) is -0.0325. The van der Waals surface area contributed by atoms with Crippen molar-refractivity contribution >= 4 is 17.0 Å². The summed E-state index contributed by atoms with van der Waals surface area (Å²) in [6, 6.07) is 13.0. The number of nitrogens with zero attached hydrogens (tertiary/aromatic N) is 2. The van der Waals surface area contributed by atoms with E-state index < -0.39 is 17.5 Å². The van der Waals surface area contributed by atoms with Crippen LogP contribution in [0.1, 0.15) is 56.0 Å². The Bertz CT molecular complexity index is 1160. The molecular weight excluding hydrogens is 457 g/mol. The quantitative estimate of drug-likeness (QED) is 0.371. The summed E-state index contributed by atoms with van der Waals surface area (Å²) in [4.78, 5) is 22.7. The molecule has 4 rings (SSSR count). The molecule has 0 amide bonds. The second-order valence-electron chi connectivity index (χ2n) is 10.6. The van der Waals surface area contributed by atoms with E-state index >= 15 is 0 Å². The van der Waals surface area contributed by atoms with Crippen molar-refractivity contribution in [1.82, 2.24) is 14.9 Å². The van der Waals surface area contributed by atoms with Crippen molar-refractivity contribution < 1.29 is 19.0 Å². The van der Waals surface area contributed by atoms with E-state index in [-0.39, 0.29) is 17.7 Å². The van der Waals surface area contributed by atoms with Crippen molar-refractivity contribution in [1.29, 1.82) is 0 Å². The molecule has 0 radical (unpaired) electrons.